The topological polar surface area (TPSA) is 49.6 Å². The van der Waals surface area contributed by atoms with E-state index < -0.39 is 0 Å². The number of hydrogen-bond donors (Lipinski definition) is 0. The molecule has 0 N–H and O–H groups in total. The number of nitrogens with zero attached hydrogens (tertiary/aromatic N) is 3. The molecule has 4 heteroatoms. The number of aromatic nitrogens is 2. The third kappa shape index (κ3) is 1.26. The van der Waals surface area contributed by atoms with Crippen molar-refractivity contribution in [3.05, 3.63) is 18.0 Å². The van der Waals surface area contributed by atoms with Crippen LogP contribution in [0.3, 0.4) is 0 Å². The van der Waals surface area contributed by atoms with Crippen molar-refractivity contribution in [2.75, 3.05) is 0 Å². The molecule has 3 nitrogen and oxygen atoms in total. The quantitative estimate of drug-likeness (QED) is 0.413. The first-order valence-corrected chi connectivity index (χ1v) is 2.31. The molecular formula is C5H2BN3. The van der Waals surface area contributed by atoms with E-state index in [1.165, 1.54) is 12.3 Å². The van der Waals surface area contributed by atoms with Crippen LogP contribution in [-0.2, 0) is 0 Å². The third-order valence-electron chi connectivity index (χ3n) is 0.789. The summed E-state index contributed by atoms with van der Waals surface area (Å²) in [6, 6.07) is 3.33. The Hall–Kier alpha value is -1.37. The summed E-state index contributed by atoms with van der Waals surface area (Å²) in [5.41, 5.74) is 0.427. The van der Waals surface area contributed by atoms with Gasteiger partial charge >= 0.3 is 0 Å². The molecule has 0 aromatic carbocycles. The van der Waals surface area contributed by atoms with E-state index in [-0.39, 0.29) is 5.72 Å². The van der Waals surface area contributed by atoms with E-state index in [1.807, 2.05) is 6.07 Å². The standard InChI is InChI=1S/C5H2BN3/c6-5-8-2-1-4(3-7)9-5/h1-2H. The van der Waals surface area contributed by atoms with Gasteiger partial charge in [-0.15, -0.1) is 0 Å². The van der Waals surface area contributed by atoms with Crippen LogP contribution in [0.5, 0.6) is 0 Å². The minimum Gasteiger partial charge on any atom is -0.254 e. The second-order valence-electron chi connectivity index (χ2n) is 1.41. The maximum absolute atomic E-state index is 8.27. The van der Waals surface area contributed by atoms with Crippen molar-refractivity contribution in [3.8, 4) is 6.07 Å². The molecular weight excluding hydrogens is 113 g/mol. The van der Waals surface area contributed by atoms with Gasteiger partial charge in [-0.1, -0.05) is 0 Å². The second-order valence-corrected chi connectivity index (χ2v) is 1.41. The van der Waals surface area contributed by atoms with Gasteiger partial charge < -0.3 is 0 Å². The van der Waals surface area contributed by atoms with Crippen molar-refractivity contribution in [2.24, 2.45) is 0 Å². The molecule has 2 radical (unpaired) electrons. The molecule has 0 spiro atoms. The van der Waals surface area contributed by atoms with Crippen molar-refractivity contribution >= 4 is 13.6 Å². The molecule has 1 aromatic heterocycles. The van der Waals surface area contributed by atoms with Gasteiger partial charge in [-0.05, 0) is 6.07 Å². The SMILES string of the molecule is [B]c1nccc(C#N)n1. The summed E-state index contributed by atoms with van der Waals surface area (Å²) < 4.78 is 0. The van der Waals surface area contributed by atoms with Crippen molar-refractivity contribution in [3.63, 3.8) is 0 Å². The van der Waals surface area contributed by atoms with Crippen molar-refractivity contribution in [2.45, 2.75) is 0 Å². The predicted octanol–water partition coefficient (Wildman–Crippen LogP) is -0.858. The average molecular weight is 115 g/mol. The zero-order chi connectivity index (χ0) is 6.69. The molecule has 1 heterocycles. The van der Waals surface area contributed by atoms with Gasteiger partial charge in [0.2, 0.25) is 0 Å². The molecule has 0 fully saturated rings. The molecule has 0 aliphatic heterocycles. The van der Waals surface area contributed by atoms with E-state index in [2.05, 4.69) is 9.97 Å². The first kappa shape index (κ1) is 5.77. The molecule has 40 valence electrons. The van der Waals surface area contributed by atoms with E-state index >= 15 is 0 Å². The first-order valence-electron chi connectivity index (χ1n) is 2.31. The lowest BCUT2D eigenvalue weighted by Gasteiger charge is -1.87. The maximum Gasteiger partial charge on any atom is 0.170 e. The average Bonchev–Trinajstić information content (AvgIpc) is 1.88. The number of rotatable bonds is 0. The van der Waals surface area contributed by atoms with Crippen molar-refractivity contribution < 1.29 is 0 Å². The van der Waals surface area contributed by atoms with Crippen LogP contribution in [0.15, 0.2) is 12.3 Å². The summed E-state index contributed by atoms with van der Waals surface area (Å²) in [5, 5.41) is 8.27. The summed E-state index contributed by atoms with van der Waals surface area (Å²) in [7, 11) is 5.16. The molecule has 0 saturated carbocycles. The maximum atomic E-state index is 8.27. The minimum atomic E-state index is 0.133. The van der Waals surface area contributed by atoms with Gasteiger partial charge in [-0.25, -0.2) is 4.98 Å². The van der Waals surface area contributed by atoms with Crippen LogP contribution in [0.4, 0.5) is 0 Å². The van der Waals surface area contributed by atoms with Crippen LogP contribution >= 0.6 is 0 Å². The van der Waals surface area contributed by atoms with Crippen LogP contribution in [0.25, 0.3) is 0 Å². The monoisotopic (exact) mass is 115 g/mol. The van der Waals surface area contributed by atoms with Gasteiger partial charge in [0.05, 0.1) is 5.72 Å². The van der Waals surface area contributed by atoms with E-state index in [9.17, 15) is 0 Å². The Morgan fingerprint density at radius 3 is 2.89 bits per heavy atom. The molecule has 0 aliphatic rings. The third-order valence-corrected chi connectivity index (χ3v) is 0.789. The van der Waals surface area contributed by atoms with Gasteiger partial charge in [0, 0.05) is 6.20 Å². The summed E-state index contributed by atoms with van der Waals surface area (Å²) in [6.07, 6.45) is 1.45. The minimum absolute atomic E-state index is 0.133. The van der Waals surface area contributed by atoms with E-state index in [1.54, 1.807) is 0 Å². The highest BCUT2D eigenvalue weighted by molar-refractivity contribution is 6.28. The lowest BCUT2D eigenvalue weighted by molar-refractivity contribution is 1.20. The number of hydrogen-bond acceptors (Lipinski definition) is 3. The Morgan fingerprint density at radius 1 is 1.67 bits per heavy atom. The molecule has 0 unspecified atom stereocenters. The lowest BCUT2D eigenvalue weighted by Crippen LogP contribution is -2.12. The van der Waals surface area contributed by atoms with Gasteiger partial charge in [-0.2, -0.15) is 5.26 Å². The van der Waals surface area contributed by atoms with Crippen LogP contribution in [0, 0.1) is 11.3 Å². The van der Waals surface area contributed by atoms with Crippen molar-refractivity contribution in [1.82, 2.24) is 9.97 Å². The predicted molar refractivity (Wildman–Crippen MR) is 32.1 cm³/mol. The smallest absolute Gasteiger partial charge is 0.170 e. The molecule has 0 saturated heterocycles. The Labute approximate surface area is 53.8 Å². The second kappa shape index (κ2) is 2.27. The highest BCUT2D eigenvalue weighted by Gasteiger charge is 1.88. The highest BCUT2D eigenvalue weighted by atomic mass is 14.8. The van der Waals surface area contributed by atoms with Gasteiger partial charge in [0.15, 0.2) is 7.85 Å². The fourth-order valence-electron chi connectivity index (χ4n) is 0.436. The number of nitriles is 1. The van der Waals surface area contributed by atoms with Crippen LogP contribution in [-0.4, -0.2) is 17.8 Å². The lowest BCUT2D eigenvalue weighted by atomic mass is 10.1. The van der Waals surface area contributed by atoms with Gasteiger partial charge in [-0.3, -0.25) is 4.98 Å². The van der Waals surface area contributed by atoms with E-state index in [4.69, 9.17) is 13.1 Å². The molecule has 0 bridgehead atoms. The van der Waals surface area contributed by atoms with Crippen LogP contribution < -0.4 is 5.72 Å². The fraction of sp³-hybridized carbons (Fsp3) is 0. The fourth-order valence-corrected chi connectivity index (χ4v) is 0.436. The Balaban J connectivity index is 3.12. The van der Waals surface area contributed by atoms with Gasteiger partial charge in [0.25, 0.3) is 0 Å². The van der Waals surface area contributed by atoms with Gasteiger partial charge in [0.1, 0.15) is 11.8 Å². The molecule has 9 heavy (non-hydrogen) atoms. The van der Waals surface area contributed by atoms with Crippen LogP contribution in [0.1, 0.15) is 5.69 Å². The molecule has 0 atom stereocenters. The Bertz CT molecular complexity index is 253. The molecule has 1 aromatic rings. The Kier molecular flexibility index (Phi) is 1.45. The largest absolute Gasteiger partial charge is 0.254 e. The summed E-state index contributed by atoms with van der Waals surface area (Å²) in [6.45, 7) is 0. The zero-order valence-corrected chi connectivity index (χ0v) is 4.57. The normalized spacial score (nSPS) is 8.33. The molecule has 1 rings (SSSR count). The summed E-state index contributed by atoms with van der Waals surface area (Å²) in [4.78, 5) is 7.20. The first-order chi connectivity index (χ1) is 4.33. The zero-order valence-electron chi connectivity index (χ0n) is 4.57. The van der Waals surface area contributed by atoms with E-state index in [0.29, 0.717) is 5.69 Å². The van der Waals surface area contributed by atoms with Crippen LogP contribution in [0.2, 0.25) is 0 Å². The molecule has 0 aliphatic carbocycles. The highest BCUT2D eigenvalue weighted by Crippen LogP contribution is 1.82. The summed E-state index contributed by atoms with van der Waals surface area (Å²) in [5.74, 6) is 0. The molecule has 0 amide bonds. The summed E-state index contributed by atoms with van der Waals surface area (Å²) >= 11 is 0. The van der Waals surface area contributed by atoms with Crippen molar-refractivity contribution in [1.29, 1.82) is 5.26 Å². The van der Waals surface area contributed by atoms with E-state index in [0.717, 1.165) is 0 Å². The Morgan fingerprint density at radius 2 is 2.44 bits per heavy atom.